The number of hydrogen-bond acceptors (Lipinski definition) is 4. The summed E-state index contributed by atoms with van der Waals surface area (Å²) in [5.74, 6) is -0.115. The van der Waals surface area contributed by atoms with Gasteiger partial charge in [0, 0.05) is 12.1 Å². The molecule has 1 atom stereocenters. The minimum atomic E-state index is -3.88. The van der Waals surface area contributed by atoms with Gasteiger partial charge in [-0.3, -0.25) is 0 Å². The van der Waals surface area contributed by atoms with Crippen molar-refractivity contribution in [2.45, 2.75) is 31.3 Å². The summed E-state index contributed by atoms with van der Waals surface area (Å²) in [5.41, 5.74) is 5.94. The molecule has 114 valence electrons. The fraction of sp³-hybridized carbons (Fsp3) is 0.286. The van der Waals surface area contributed by atoms with Gasteiger partial charge in [0.1, 0.15) is 11.6 Å². The molecule has 0 aliphatic rings. The van der Waals surface area contributed by atoms with Gasteiger partial charge in [0.2, 0.25) is 10.0 Å². The van der Waals surface area contributed by atoms with E-state index >= 15 is 0 Å². The van der Waals surface area contributed by atoms with E-state index in [9.17, 15) is 12.8 Å². The zero-order chi connectivity index (χ0) is 15.6. The molecular weight excluding hydrogens is 295 g/mol. The minimum absolute atomic E-state index is 0.0614. The smallest absolute Gasteiger partial charge is 0.241 e. The van der Waals surface area contributed by atoms with Crippen LogP contribution in [0.15, 0.2) is 39.8 Å². The summed E-state index contributed by atoms with van der Waals surface area (Å²) in [4.78, 5) is -0.110. The number of hydrogen-bond donors (Lipinski definition) is 2. The predicted octanol–water partition coefficient (Wildman–Crippen LogP) is 2.23. The third-order valence-electron chi connectivity index (χ3n) is 3.18. The lowest BCUT2D eigenvalue weighted by molar-refractivity contribution is 0.459. The van der Waals surface area contributed by atoms with E-state index in [1.807, 2.05) is 0 Å². The van der Waals surface area contributed by atoms with Crippen molar-refractivity contribution in [1.29, 1.82) is 0 Å². The maximum atomic E-state index is 13.8. The molecule has 5 nitrogen and oxygen atoms in total. The highest BCUT2D eigenvalue weighted by atomic mass is 32.2. The van der Waals surface area contributed by atoms with Crippen molar-refractivity contribution in [2.24, 2.45) is 5.73 Å². The molecule has 0 saturated heterocycles. The molecule has 3 N–H and O–H groups in total. The van der Waals surface area contributed by atoms with Crippen LogP contribution in [0.4, 0.5) is 4.39 Å². The van der Waals surface area contributed by atoms with Crippen molar-refractivity contribution in [3.63, 3.8) is 0 Å². The molecular formula is C14H17FN2O3S. The molecule has 0 radical (unpaired) electrons. The van der Waals surface area contributed by atoms with Crippen molar-refractivity contribution in [1.82, 2.24) is 4.72 Å². The largest absolute Gasteiger partial charge is 0.468 e. The van der Waals surface area contributed by atoms with Gasteiger partial charge in [0.05, 0.1) is 17.2 Å². The Hall–Kier alpha value is -1.70. The number of nitrogens with two attached hydrogens (primary N) is 1. The van der Waals surface area contributed by atoms with Crippen molar-refractivity contribution >= 4 is 10.0 Å². The molecule has 0 fully saturated rings. The van der Waals surface area contributed by atoms with Crippen molar-refractivity contribution in [3.05, 3.63) is 53.2 Å². The molecule has 0 saturated carbocycles. The average Bonchev–Trinajstić information content (AvgIpc) is 2.95. The van der Waals surface area contributed by atoms with Crippen LogP contribution in [-0.4, -0.2) is 8.42 Å². The fourth-order valence-electron chi connectivity index (χ4n) is 2.00. The van der Waals surface area contributed by atoms with E-state index in [1.54, 1.807) is 19.1 Å². The first-order valence-electron chi connectivity index (χ1n) is 6.40. The van der Waals surface area contributed by atoms with Gasteiger partial charge in [-0.05, 0) is 43.7 Å². The quantitative estimate of drug-likeness (QED) is 0.886. The topological polar surface area (TPSA) is 85.3 Å². The van der Waals surface area contributed by atoms with Gasteiger partial charge in [-0.2, -0.15) is 0 Å². The molecule has 2 aromatic rings. The first kappa shape index (κ1) is 15.7. The molecule has 0 spiro atoms. The van der Waals surface area contributed by atoms with E-state index < -0.39 is 21.9 Å². The normalized spacial score (nSPS) is 13.3. The summed E-state index contributed by atoms with van der Waals surface area (Å²) in [6.45, 7) is 3.13. The zero-order valence-electron chi connectivity index (χ0n) is 11.8. The predicted molar refractivity (Wildman–Crippen MR) is 76.5 cm³/mol. The fourth-order valence-corrected chi connectivity index (χ4v) is 3.51. The van der Waals surface area contributed by atoms with E-state index in [4.69, 9.17) is 10.2 Å². The number of rotatable bonds is 5. The second-order valence-corrected chi connectivity index (χ2v) is 6.45. The molecule has 1 unspecified atom stereocenters. The average molecular weight is 312 g/mol. The summed E-state index contributed by atoms with van der Waals surface area (Å²) in [7, 11) is -3.88. The van der Waals surface area contributed by atoms with Gasteiger partial charge in [0.15, 0.2) is 0 Å². The van der Waals surface area contributed by atoms with Crippen LogP contribution in [0, 0.1) is 12.7 Å². The third kappa shape index (κ3) is 3.31. The highest BCUT2D eigenvalue weighted by molar-refractivity contribution is 7.89. The van der Waals surface area contributed by atoms with E-state index in [0.717, 1.165) is 0 Å². The third-order valence-corrected chi connectivity index (χ3v) is 4.85. The monoisotopic (exact) mass is 312 g/mol. The number of benzene rings is 1. The van der Waals surface area contributed by atoms with Crippen molar-refractivity contribution in [2.75, 3.05) is 0 Å². The number of nitrogens with one attached hydrogen (secondary N) is 1. The molecule has 7 heteroatoms. The van der Waals surface area contributed by atoms with Crippen LogP contribution in [0.25, 0.3) is 0 Å². The van der Waals surface area contributed by atoms with Gasteiger partial charge in [-0.15, -0.1) is 0 Å². The van der Waals surface area contributed by atoms with Crippen LogP contribution in [0.2, 0.25) is 0 Å². The Bertz CT molecular complexity index is 727. The summed E-state index contributed by atoms with van der Waals surface area (Å²) in [6.07, 6.45) is 1.46. The second kappa shape index (κ2) is 5.97. The number of sulfonamides is 1. The lowest BCUT2D eigenvalue weighted by Crippen LogP contribution is -2.27. The Morgan fingerprint density at radius 3 is 2.71 bits per heavy atom. The van der Waals surface area contributed by atoms with Crippen LogP contribution in [0.5, 0.6) is 0 Å². The minimum Gasteiger partial charge on any atom is -0.468 e. The Balaban J connectivity index is 2.38. The maximum Gasteiger partial charge on any atom is 0.241 e. The number of furan rings is 1. The van der Waals surface area contributed by atoms with Gasteiger partial charge >= 0.3 is 0 Å². The maximum absolute atomic E-state index is 13.8. The summed E-state index contributed by atoms with van der Waals surface area (Å²) in [6, 6.07) is 5.39. The molecule has 21 heavy (non-hydrogen) atoms. The molecule has 0 aliphatic heterocycles. The van der Waals surface area contributed by atoms with Crippen molar-refractivity contribution in [3.8, 4) is 0 Å². The molecule has 0 aliphatic carbocycles. The highest BCUT2D eigenvalue weighted by Crippen LogP contribution is 2.23. The zero-order valence-corrected chi connectivity index (χ0v) is 12.6. The van der Waals surface area contributed by atoms with Gasteiger partial charge < -0.3 is 10.2 Å². The van der Waals surface area contributed by atoms with Gasteiger partial charge in [-0.25, -0.2) is 17.5 Å². The van der Waals surface area contributed by atoms with Crippen LogP contribution >= 0.6 is 0 Å². The van der Waals surface area contributed by atoms with E-state index in [1.165, 1.54) is 25.3 Å². The Kier molecular flexibility index (Phi) is 4.46. The first-order chi connectivity index (χ1) is 9.85. The standard InChI is InChI=1S/C14H17FN2O3S/c1-9-12(15)6-11(8-16)7-14(9)21(18,19)17-10(2)13-4-3-5-20-13/h3-7,10,17H,8,16H2,1-2H3. The van der Waals surface area contributed by atoms with Crippen LogP contribution in [-0.2, 0) is 16.6 Å². The lowest BCUT2D eigenvalue weighted by atomic mass is 10.1. The van der Waals surface area contributed by atoms with Gasteiger partial charge in [-0.1, -0.05) is 0 Å². The lowest BCUT2D eigenvalue weighted by Gasteiger charge is -2.15. The first-order valence-corrected chi connectivity index (χ1v) is 7.88. The van der Waals surface area contributed by atoms with Crippen molar-refractivity contribution < 1.29 is 17.2 Å². The van der Waals surface area contributed by atoms with Crippen LogP contribution in [0.1, 0.15) is 29.9 Å². The number of halogens is 1. The summed E-state index contributed by atoms with van der Waals surface area (Å²) < 4.78 is 46.3. The SMILES string of the molecule is Cc1c(F)cc(CN)cc1S(=O)(=O)NC(C)c1ccco1. The molecule has 1 aromatic heterocycles. The summed E-state index contributed by atoms with van der Waals surface area (Å²) in [5, 5.41) is 0. The Labute approximate surface area is 123 Å². The molecule has 2 rings (SSSR count). The Morgan fingerprint density at radius 2 is 2.14 bits per heavy atom. The van der Waals surface area contributed by atoms with Crippen LogP contribution in [0.3, 0.4) is 0 Å². The molecule has 1 aromatic carbocycles. The van der Waals surface area contributed by atoms with Gasteiger partial charge in [0.25, 0.3) is 0 Å². The van der Waals surface area contributed by atoms with E-state index in [2.05, 4.69) is 4.72 Å². The molecule has 1 heterocycles. The summed E-state index contributed by atoms with van der Waals surface area (Å²) >= 11 is 0. The Morgan fingerprint density at radius 1 is 1.43 bits per heavy atom. The second-order valence-electron chi connectivity index (χ2n) is 4.76. The van der Waals surface area contributed by atoms with E-state index in [-0.39, 0.29) is 17.0 Å². The van der Waals surface area contributed by atoms with E-state index in [0.29, 0.717) is 11.3 Å². The molecule has 0 amide bonds. The molecule has 0 bridgehead atoms. The van der Waals surface area contributed by atoms with Crippen LogP contribution < -0.4 is 10.5 Å². The highest BCUT2D eigenvalue weighted by Gasteiger charge is 2.23.